The van der Waals surface area contributed by atoms with Gasteiger partial charge in [-0.05, 0) is 16.7 Å². The summed E-state index contributed by atoms with van der Waals surface area (Å²) in [6, 6.07) is 8.76. The molecule has 1 rings (SSSR count). The molecule has 6 heteroatoms. The average Bonchev–Trinajstić information content (AvgIpc) is 2.36. The van der Waals surface area contributed by atoms with Crippen LogP contribution in [0.25, 0.3) is 0 Å². The molecule has 0 aliphatic rings. The van der Waals surface area contributed by atoms with Gasteiger partial charge in [-0.1, -0.05) is 24.8 Å². The van der Waals surface area contributed by atoms with E-state index in [1.54, 1.807) is 24.3 Å². The fourth-order valence-corrected chi connectivity index (χ4v) is 1.78. The van der Waals surface area contributed by atoms with Crippen LogP contribution in [0.3, 0.4) is 0 Å². The molecule has 0 aliphatic heterocycles. The normalized spacial score (nSPS) is 10.5. The van der Waals surface area contributed by atoms with E-state index in [-0.39, 0.29) is 13.2 Å². The first-order valence-corrected chi connectivity index (χ1v) is 6.01. The number of benzene rings is 1. The molecule has 1 atom stereocenters. The second-order valence-electron chi connectivity index (χ2n) is 2.81. The number of carbonyl (C=O) groups excluding carboxylic acids is 1. The van der Waals surface area contributed by atoms with Crippen LogP contribution in [0.2, 0.25) is 0 Å². The highest BCUT2D eigenvalue weighted by molar-refractivity contribution is 7.48. The van der Waals surface area contributed by atoms with Gasteiger partial charge in [0.15, 0.2) is 0 Å². The lowest BCUT2D eigenvalue weighted by Crippen LogP contribution is -2.09. The summed E-state index contributed by atoms with van der Waals surface area (Å²) >= 11 is 0. The molecule has 1 aromatic rings. The van der Waals surface area contributed by atoms with E-state index in [0.29, 0.717) is 5.30 Å². The van der Waals surface area contributed by atoms with Gasteiger partial charge < -0.3 is 9.47 Å². The van der Waals surface area contributed by atoms with E-state index in [2.05, 4.69) is 16.1 Å². The van der Waals surface area contributed by atoms with E-state index in [1.807, 2.05) is 6.07 Å². The van der Waals surface area contributed by atoms with E-state index in [0.717, 1.165) is 6.26 Å². The maximum atomic E-state index is 11.6. The van der Waals surface area contributed by atoms with Crippen molar-refractivity contribution >= 4 is 19.5 Å². The monoisotopic (exact) mass is 255 g/mol. The molecule has 90 valence electrons. The van der Waals surface area contributed by atoms with Gasteiger partial charge in [-0.3, -0.25) is 0 Å². The van der Waals surface area contributed by atoms with Gasteiger partial charge in [-0.2, -0.15) is 0 Å². The van der Waals surface area contributed by atoms with Crippen molar-refractivity contribution < 1.29 is 23.4 Å². The minimum atomic E-state index is -1.92. The third kappa shape index (κ3) is 5.24. The summed E-state index contributed by atoms with van der Waals surface area (Å²) < 4.78 is 25.5. The molecule has 5 nitrogen and oxygen atoms in total. The molecule has 0 N–H and O–H groups in total. The Hall–Kier alpha value is -1.71. The van der Waals surface area contributed by atoms with Crippen molar-refractivity contribution in [2.75, 3.05) is 13.2 Å². The highest BCUT2D eigenvalue weighted by Crippen LogP contribution is 2.20. The van der Waals surface area contributed by atoms with Crippen LogP contribution in [0.1, 0.15) is 0 Å². The number of carbonyl (C=O) groups is 1. The molecular formula is C11H12O5P+. The quantitative estimate of drug-likeness (QED) is 0.338. The Morgan fingerprint density at radius 1 is 1.29 bits per heavy atom. The lowest BCUT2D eigenvalue weighted by atomic mass is 10.4. The summed E-state index contributed by atoms with van der Waals surface area (Å²) in [5, 5.41) is 0.594. The van der Waals surface area contributed by atoms with Crippen molar-refractivity contribution in [3.63, 3.8) is 0 Å². The molecular weight excluding hydrogens is 243 g/mol. The summed E-state index contributed by atoms with van der Waals surface area (Å²) in [4.78, 5) is 10.7. The number of hydrogen-bond donors (Lipinski definition) is 0. The van der Waals surface area contributed by atoms with Gasteiger partial charge in [0.1, 0.15) is 13.2 Å². The molecule has 0 amide bonds. The van der Waals surface area contributed by atoms with Crippen molar-refractivity contribution in [1.29, 1.82) is 0 Å². The molecule has 17 heavy (non-hydrogen) atoms. The summed E-state index contributed by atoms with van der Waals surface area (Å²) in [5.74, 6) is 0. The first-order valence-electron chi connectivity index (χ1n) is 4.83. The molecule has 0 saturated heterocycles. The minimum Gasteiger partial charge on any atom is -0.431 e. The van der Waals surface area contributed by atoms with E-state index < -0.39 is 14.2 Å². The Kier molecular flexibility index (Phi) is 5.93. The Morgan fingerprint density at radius 3 is 2.65 bits per heavy atom. The Morgan fingerprint density at radius 2 is 2.00 bits per heavy atom. The van der Waals surface area contributed by atoms with Crippen LogP contribution in [0, 0.1) is 0 Å². The minimum absolute atomic E-state index is 0.0272. The van der Waals surface area contributed by atoms with Crippen LogP contribution in [-0.2, 0) is 18.6 Å². The molecule has 0 heterocycles. The first kappa shape index (κ1) is 13.4. The highest BCUT2D eigenvalue weighted by atomic mass is 31.1. The van der Waals surface area contributed by atoms with Gasteiger partial charge in [-0.25, -0.2) is 4.79 Å². The van der Waals surface area contributed by atoms with Crippen molar-refractivity contribution in [2.45, 2.75) is 0 Å². The maximum Gasteiger partial charge on any atom is 0.548 e. The zero-order valence-corrected chi connectivity index (χ0v) is 9.97. The van der Waals surface area contributed by atoms with Crippen molar-refractivity contribution in [2.24, 2.45) is 0 Å². The fraction of sp³-hybridized carbons (Fsp3) is 0.182. The van der Waals surface area contributed by atoms with Gasteiger partial charge in [-0.15, -0.1) is 4.52 Å². The zero-order chi connectivity index (χ0) is 12.5. The predicted molar refractivity (Wildman–Crippen MR) is 62.3 cm³/mol. The zero-order valence-electron chi connectivity index (χ0n) is 9.07. The third-order valence-corrected chi connectivity index (χ3v) is 2.80. The predicted octanol–water partition coefficient (Wildman–Crippen LogP) is 2.37. The largest absolute Gasteiger partial charge is 0.548 e. The average molecular weight is 255 g/mol. The molecule has 1 aromatic carbocycles. The lowest BCUT2D eigenvalue weighted by Gasteiger charge is -1.98. The molecule has 0 aliphatic carbocycles. The van der Waals surface area contributed by atoms with Crippen LogP contribution in [-0.4, -0.2) is 19.4 Å². The topological polar surface area (TPSA) is 61.8 Å². The van der Waals surface area contributed by atoms with Crippen LogP contribution in [0.5, 0.6) is 0 Å². The number of hydrogen-bond acceptors (Lipinski definition) is 5. The summed E-state index contributed by atoms with van der Waals surface area (Å²) in [7, 11) is -1.92. The molecule has 0 saturated carbocycles. The van der Waals surface area contributed by atoms with Gasteiger partial charge >= 0.3 is 14.2 Å². The van der Waals surface area contributed by atoms with Crippen molar-refractivity contribution in [3.8, 4) is 0 Å². The number of rotatable bonds is 6. The molecule has 0 radical (unpaired) electrons. The third-order valence-electron chi connectivity index (χ3n) is 1.66. The SMILES string of the molecule is C=COC(=O)OCCO[P+](=O)c1ccccc1. The van der Waals surface area contributed by atoms with E-state index in [4.69, 9.17) is 4.52 Å². The first-order chi connectivity index (χ1) is 8.24. The van der Waals surface area contributed by atoms with Crippen molar-refractivity contribution in [1.82, 2.24) is 0 Å². The van der Waals surface area contributed by atoms with Gasteiger partial charge in [0.25, 0.3) is 0 Å². The molecule has 1 unspecified atom stereocenters. The van der Waals surface area contributed by atoms with Gasteiger partial charge in [0.05, 0.1) is 6.26 Å². The molecule has 0 spiro atoms. The molecule has 0 fully saturated rings. The summed E-state index contributed by atoms with van der Waals surface area (Å²) in [6.07, 6.45) is 0.103. The van der Waals surface area contributed by atoms with Crippen LogP contribution in [0.15, 0.2) is 43.2 Å². The second kappa shape index (κ2) is 7.54. The Balaban J connectivity index is 2.21. The van der Waals surface area contributed by atoms with Crippen LogP contribution in [0.4, 0.5) is 4.79 Å². The summed E-state index contributed by atoms with van der Waals surface area (Å²) in [6.45, 7) is 3.21. The Labute approximate surface area is 99.9 Å². The smallest absolute Gasteiger partial charge is 0.431 e. The summed E-state index contributed by atoms with van der Waals surface area (Å²) in [5.41, 5.74) is 0. The van der Waals surface area contributed by atoms with Crippen molar-refractivity contribution in [3.05, 3.63) is 43.2 Å². The Bertz CT molecular complexity index is 390. The van der Waals surface area contributed by atoms with Crippen LogP contribution < -0.4 is 5.30 Å². The van der Waals surface area contributed by atoms with E-state index in [1.165, 1.54) is 0 Å². The molecule has 0 bridgehead atoms. The van der Waals surface area contributed by atoms with E-state index >= 15 is 0 Å². The fourth-order valence-electron chi connectivity index (χ4n) is 0.971. The highest BCUT2D eigenvalue weighted by Gasteiger charge is 2.21. The van der Waals surface area contributed by atoms with Crippen LogP contribution >= 0.6 is 8.03 Å². The standard InChI is InChI=1S/C11H12O5P/c1-2-14-11(12)15-8-9-16-17(13)10-6-4-3-5-7-10/h2-7H,1,8-9H2/q+1. The molecule has 0 aromatic heterocycles. The van der Waals surface area contributed by atoms with E-state index in [9.17, 15) is 9.36 Å². The lowest BCUT2D eigenvalue weighted by molar-refractivity contribution is 0.0736. The maximum absolute atomic E-state index is 11.6. The second-order valence-corrected chi connectivity index (χ2v) is 4.10. The number of ether oxygens (including phenoxy) is 2. The van der Waals surface area contributed by atoms with Gasteiger partial charge in [0.2, 0.25) is 5.30 Å². The van der Waals surface area contributed by atoms with Gasteiger partial charge in [0, 0.05) is 0 Å².